The molecular weight excluding hydrogens is 360 g/mol. The summed E-state index contributed by atoms with van der Waals surface area (Å²) in [5, 5.41) is 11.9. The quantitative estimate of drug-likeness (QED) is 0.430. The van der Waals surface area contributed by atoms with Crippen LogP contribution < -0.4 is 11.3 Å². The molecule has 1 N–H and O–H groups in total. The lowest BCUT2D eigenvalue weighted by Gasteiger charge is -2.05. The number of hydrogen-bond donors (Lipinski definition) is 1. The summed E-state index contributed by atoms with van der Waals surface area (Å²) in [6.45, 7) is 3.61. The molecule has 3 aromatic heterocycles. The van der Waals surface area contributed by atoms with E-state index >= 15 is 0 Å². The van der Waals surface area contributed by atoms with E-state index in [0.29, 0.717) is 27.5 Å². The highest BCUT2D eigenvalue weighted by Crippen LogP contribution is 2.37. The molecule has 0 saturated carbocycles. The molecule has 0 unspecified atom stereocenters. The van der Waals surface area contributed by atoms with E-state index < -0.39 is 11.3 Å². The molecule has 5 aromatic rings. The molecular formula is C22H14O6. The van der Waals surface area contributed by atoms with Crippen molar-refractivity contribution in [2.45, 2.75) is 13.8 Å². The van der Waals surface area contributed by atoms with Gasteiger partial charge in [-0.3, -0.25) is 0 Å². The molecule has 28 heavy (non-hydrogen) atoms. The monoisotopic (exact) mass is 374 g/mol. The third-order valence-corrected chi connectivity index (χ3v) is 4.95. The summed E-state index contributed by atoms with van der Waals surface area (Å²) in [6, 6.07) is 12.0. The molecule has 0 fully saturated rings. The van der Waals surface area contributed by atoms with Crippen LogP contribution in [0, 0.1) is 13.8 Å². The molecule has 3 heterocycles. The van der Waals surface area contributed by atoms with Crippen LogP contribution in [0.2, 0.25) is 0 Å². The topological polar surface area (TPSA) is 93.8 Å². The minimum absolute atomic E-state index is 0.0472. The van der Waals surface area contributed by atoms with Gasteiger partial charge < -0.3 is 18.4 Å². The summed E-state index contributed by atoms with van der Waals surface area (Å²) in [4.78, 5) is 25.0. The van der Waals surface area contributed by atoms with Crippen molar-refractivity contribution in [1.29, 1.82) is 0 Å². The third kappa shape index (κ3) is 2.15. The van der Waals surface area contributed by atoms with E-state index in [1.165, 1.54) is 6.07 Å². The van der Waals surface area contributed by atoms with Gasteiger partial charge in [-0.25, -0.2) is 9.59 Å². The highest BCUT2D eigenvalue weighted by Gasteiger charge is 2.22. The van der Waals surface area contributed by atoms with Crippen molar-refractivity contribution in [2.24, 2.45) is 0 Å². The van der Waals surface area contributed by atoms with E-state index in [-0.39, 0.29) is 22.5 Å². The minimum Gasteiger partial charge on any atom is -0.506 e. The average Bonchev–Trinajstić information content (AvgIpc) is 3.10. The predicted octanol–water partition coefficient (Wildman–Crippen LogP) is 4.64. The van der Waals surface area contributed by atoms with Crippen molar-refractivity contribution >= 4 is 32.9 Å². The van der Waals surface area contributed by atoms with Crippen LogP contribution in [0.15, 0.2) is 65.3 Å². The van der Waals surface area contributed by atoms with E-state index in [1.807, 2.05) is 19.1 Å². The number of rotatable bonds is 1. The van der Waals surface area contributed by atoms with Gasteiger partial charge in [-0.1, -0.05) is 24.3 Å². The largest absolute Gasteiger partial charge is 0.506 e. The zero-order valence-electron chi connectivity index (χ0n) is 15.0. The fourth-order valence-electron chi connectivity index (χ4n) is 3.55. The van der Waals surface area contributed by atoms with Crippen molar-refractivity contribution in [3.05, 3.63) is 74.4 Å². The van der Waals surface area contributed by atoms with Crippen LogP contribution in [0.4, 0.5) is 0 Å². The van der Waals surface area contributed by atoms with Gasteiger partial charge >= 0.3 is 11.3 Å². The molecule has 6 nitrogen and oxygen atoms in total. The second-order valence-corrected chi connectivity index (χ2v) is 6.76. The summed E-state index contributed by atoms with van der Waals surface area (Å²) in [5.41, 5.74) is 1.09. The zero-order valence-corrected chi connectivity index (χ0v) is 15.0. The second-order valence-electron chi connectivity index (χ2n) is 6.76. The molecule has 0 aliphatic carbocycles. The first-order chi connectivity index (χ1) is 13.5. The molecule has 0 aliphatic rings. The maximum Gasteiger partial charge on any atom is 0.351 e. The molecule has 0 saturated heterocycles. The molecule has 0 aliphatic heterocycles. The van der Waals surface area contributed by atoms with E-state index in [0.717, 1.165) is 11.1 Å². The van der Waals surface area contributed by atoms with Crippen molar-refractivity contribution < 1.29 is 18.4 Å². The number of aryl methyl sites for hydroxylation is 2. The van der Waals surface area contributed by atoms with Crippen molar-refractivity contribution in [2.75, 3.05) is 0 Å². The smallest absolute Gasteiger partial charge is 0.351 e. The molecule has 2 aromatic carbocycles. The lowest BCUT2D eigenvalue weighted by atomic mass is 10.1. The predicted molar refractivity (Wildman–Crippen MR) is 105 cm³/mol. The number of fused-ring (bicyclic) bond motifs is 4. The number of furan rings is 1. The number of hydrogen-bond acceptors (Lipinski definition) is 6. The van der Waals surface area contributed by atoms with Crippen LogP contribution in [-0.4, -0.2) is 5.11 Å². The lowest BCUT2D eigenvalue weighted by molar-refractivity contribution is 0.467. The maximum absolute atomic E-state index is 12.6. The van der Waals surface area contributed by atoms with Crippen molar-refractivity contribution in [3.8, 4) is 17.1 Å². The van der Waals surface area contributed by atoms with E-state index in [1.54, 1.807) is 31.2 Å². The van der Waals surface area contributed by atoms with Crippen LogP contribution in [0.3, 0.4) is 0 Å². The van der Waals surface area contributed by atoms with Crippen LogP contribution >= 0.6 is 0 Å². The Morgan fingerprint density at radius 1 is 0.714 bits per heavy atom. The zero-order chi connectivity index (χ0) is 19.6. The molecule has 0 radical (unpaired) electrons. The van der Waals surface area contributed by atoms with E-state index in [9.17, 15) is 14.7 Å². The minimum atomic E-state index is -0.747. The summed E-state index contributed by atoms with van der Waals surface area (Å²) in [7, 11) is 0. The van der Waals surface area contributed by atoms with Gasteiger partial charge in [-0.05, 0) is 37.1 Å². The molecule has 6 heteroatoms. The molecule has 138 valence electrons. The average molecular weight is 374 g/mol. The van der Waals surface area contributed by atoms with Gasteiger partial charge in [0.25, 0.3) is 0 Å². The summed E-state index contributed by atoms with van der Waals surface area (Å²) in [6.07, 6.45) is 0. The van der Waals surface area contributed by atoms with Crippen molar-refractivity contribution in [1.82, 2.24) is 0 Å². The lowest BCUT2D eigenvalue weighted by Crippen LogP contribution is -2.03. The normalized spacial score (nSPS) is 11.6. The second kappa shape index (κ2) is 5.60. The van der Waals surface area contributed by atoms with Gasteiger partial charge in [0, 0.05) is 6.07 Å². The maximum atomic E-state index is 12.6. The molecule has 0 atom stereocenters. The molecule has 0 amide bonds. The van der Waals surface area contributed by atoms with E-state index in [4.69, 9.17) is 13.3 Å². The fourth-order valence-corrected chi connectivity index (χ4v) is 3.55. The first kappa shape index (κ1) is 16.4. The Balaban J connectivity index is 1.90. The number of para-hydroxylation sites is 2. The first-order valence-electron chi connectivity index (χ1n) is 8.67. The summed E-state index contributed by atoms with van der Waals surface area (Å²) < 4.78 is 16.7. The van der Waals surface area contributed by atoms with E-state index in [2.05, 4.69) is 0 Å². The first-order valence-corrected chi connectivity index (χ1v) is 8.67. The Morgan fingerprint density at radius 2 is 1.32 bits per heavy atom. The van der Waals surface area contributed by atoms with Gasteiger partial charge in [0.05, 0.1) is 10.8 Å². The van der Waals surface area contributed by atoms with Crippen molar-refractivity contribution in [3.63, 3.8) is 0 Å². The Labute approximate surface area is 157 Å². The van der Waals surface area contributed by atoms with Gasteiger partial charge in [-0.2, -0.15) is 0 Å². The van der Waals surface area contributed by atoms with Crippen LogP contribution in [0.1, 0.15) is 11.1 Å². The number of aromatic hydroxyl groups is 1. The number of benzene rings is 2. The Morgan fingerprint density at radius 3 is 2.04 bits per heavy atom. The summed E-state index contributed by atoms with van der Waals surface area (Å²) >= 11 is 0. The Hall–Kier alpha value is -3.80. The molecule has 5 rings (SSSR count). The fraction of sp³-hybridized carbons (Fsp3) is 0.0909. The Kier molecular flexibility index (Phi) is 3.27. The highest BCUT2D eigenvalue weighted by molar-refractivity contribution is 6.03. The third-order valence-electron chi connectivity index (χ3n) is 4.95. The molecule has 0 spiro atoms. The standard InChI is InChI=1S/C22H14O6/c1-10-5-3-7-12-17(23)16(22(25)28-18(10)12)15-9-14-20(26-15)13-8-4-6-11(2)19(13)27-21(14)24/h3-9,23H,1-2H3. The SMILES string of the molecule is Cc1cccc2c(O)c(-c3cc4c(=O)oc5c(C)cccc5c4o3)c(=O)oc12. The van der Waals surface area contributed by atoms with Gasteiger partial charge in [0.2, 0.25) is 0 Å². The van der Waals surface area contributed by atoms with Crippen LogP contribution in [-0.2, 0) is 0 Å². The van der Waals surface area contributed by atoms with Gasteiger partial charge in [0.15, 0.2) is 5.58 Å². The van der Waals surface area contributed by atoms with Crippen LogP contribution in [0.25, 0.3) is 44.2 Å². The highest BCUT2D eigenvalue weighted by atomic mass is 16.4. The Bertz CT molecular complexity index is 1530. The van der Waals surface area contributed by atoms with Gasteiger partial charge in [-0.15, -0.1) is 0 Å². The summed E-state index contributed by atoms with van der Waals surface area (Å²) in [5.74, 6) is -0.204. The van der Waals surface area contributed by atoms with Gasteiger partial charge in [0.1, 0.15) is 33.6 Å². The molecule has 0 bridgehead atoms. The van der Waals surface area contributed by atoms with Crippen LogP contribution in [0.5, 0.6) is 5.75 Å².